The Morgan fingerprint density at radius 3 is 2.05 bits per heavy atom. The normalized spacial score (nSPS) is 25.7. The smallest absolute Gasteiger partial charge is 0.125 e. The van der Waals surface area contributed by atoms with Gasteiger partial charge in [0.05, 0.1) is 5.60 Å². The summed E-state index contributed by atoms with van der Waals surface area (Å²) in [6.07, 6.45) is 13.4. The van der Waals surface area contributed by atoms with E-state index >= 15 is 0 Å². The van der Waals surface area contributed by atoms with Crippen molar-refractivity contribution in [2.75, 3.05) is 0 Å². The van der Waals surface area contributed by atoms with Crippen molar-refractivity contribution in [3.05, 3.63) is 0 Å². The van der Waals surface area contributed by atoms with Crippen LogP contribution in [0, 0.1) is 17.8 Å². The summed E-state index contributed by atoms with van der Waals surface area (Å²) in [5.41, 5.74) is -1.39. The molecule has 2 heteroatoms. The Morgan fingerprint density at radius 1 is 0.905 bits per heavy atom. The van der Waals surface area contributed by atoms with Gasteiger partial charge < -0.3 is 10.2 Å². The Kier molecular flexibility index (Phi) is 6.14. The Hall–Kier alpha value is -0.520. The summed E-state index contributed by atoms with van der Waals surface area (Å²) in [4.78, 5) is 0. The molecule has 0 heterocycles. The summed E-state index contributed by atoms with van der Waals surface area (Å²) >= 11 is 0. The van der Waals surface area contributed by atoms with Gasteiger partial charge in [-0.25, -0.2) is 0 Å². The van der Waals surface area contributed by atoms with Gasteiger partial charge in [0.2, 0.25) is 0 Å². The zero-order valence-corrected chi connectivity index (χ0v) is 13.7. The van der Waals surface area contributed by atoms with E-state index in [1.165, 1.54) is 12.8 Å². The second kappa shape index (κ2) is 7.65. The van der Waals surface area contributed by atoms with Gasteiger partial charge in [-0.2, -0.15) is 0 Å². The molecule has 21 heavy (non-hydrogen) atoms. The van der Waals surface area contributed by atoms with Crippen LogP contribution in [0.15, 0.2) is 0 Å². The minimum Gasteiger partial charge on any atom is -0.389 e. The highest BCUT2D eigenvalue weighted by Crippen LogP contribution is 2.37. The largest absolute Gasteiger partial charge is 0.389 e. The summed E-state index contributed by atoms with van der Waals surface area (Å²) < 4.78 is 0. The average molecular weight is 292 g/mol. The van der Waals surface area contributed by atoms with E-state index in [4.69, 9.17) is 0 Å². The van der Waals surface area contributed by atoms with E-state index in [9.17, 15) is 10.2 Å². The molecule has 2 aliphatic carbocycles. The maximum atomic E-state index is 11.0. The van der Waals surface area contributed by atoms with Crippen LogP contribution in [0.25, 0.3) is 0 Å². The van der Waals surface area contributed by atoms with Gasteiger partial charge in [0.1, 0.15) is 5.60 Å². The van der Waals surface area contributed by atoms with Crippen LogP contribution in [0.5, 0.6) is 0 Å². The minimum absolute atomic E-state index is 0.0451. The van der Waals surface area contributed by atoms with Crippen molar-refractivity contribution < 1.29 is 10.2 Å². The number of hydrogen-bond donors (Lipinski definition) is 2. The summed E-state index contributed by atoms with van der Waals surface area (Å²) in [5.74, 6) is 6.55. The molecule has 0 aromatic carbocycles. The Balaban J connectivity index is 2.08. The lowest BCUT2D eigenvalue weighted by molar-refractivity contribution is -0.0331. The summed E-state index contributed by atoms with van der Waals surface area (Å²) in [6.45, 7) is 2.18. The standard InChI is InChI=1S/C19H32O2/c1-2-3-10-17(19(21)14-8-5-9-15-19)11-16-18(20)12-6-4-7-13-18/h17,20-21H,2-10,12-15H2,1H3. The molecule has 120 valence electrons. The predicted octanol–water partition coefficient (Wildman–Crippen LogP) is 4.19. The average Bonchev–Trinajstić information content (AvgIpc) is 2.48. The van der Waals surface area contributed by atoms with Crippen molar-refractivity contribution in [3.63, 3.8) is 0 Å². The first-order valence-electron chi connectivity index (χ1n) is 9.05. The SMILES string of the molecule is CCCCC(C#CC1(O)CCCCC1)C1(O)CCCCC1. The molecule has 2 rings (SSSR count). The molecule has 0 saturated heterocycles. The lowest BCUT2D eigenvalue weighted by Gasteiger charge is -2.37. The van der Waals surface area contributed by atoms with Gasteiger partial charge >= 0.3 is 0 Å². The van der Waals surface area contributed by atoms with E-state index in [0.29, 0.717) is 0 Å². The number of hydrogen-bond acceptors (Lipinski definition) is 2. The Labute approximate surface area is 130 Å². The van der Waals surface area contributed by atoms with E-state index in [2.05, 4.69) is 18.8 Å². The van der Waals surface area contributed by atoms with Crippen LogP contribution in [0.2, 0.25) is 0 Å². The first-order valence-corrected chi connectivity index (χ1v) is 9.05. The molecular weight excluding hydrogens is 260 g/mol. The zero-order valence-electron chi connectivity index (χ0n) is 13.7. The third-order valence-corrected chi connectivity index (χ3v) is 5.37. The van der Waals surface area contributed by atoms with Crippen molar-refractivity contribution in [3.8, 4) is 11.8 Å². The fraction of sp³-hybridized carbons (Fsp3) is 0.895. The van der Waals surface area contributed by atoms with Crippen LogP contribution in [-0.4, -0.2) is 21.4 Å². The van der Waals surface area contributed by atoms with E-state index in [-0.39, 0.29) is 5.92 Å². The van der Waals surface area contributed by atoms with E-state index < -0.39 is 11.2 Å². The maximum absolute atomic E-state index is 11.0. The molecular formula is C19H32O2. The topological polar surface area (TPSA) is 40.5 Å². The van der Waals surface area contributed by atoms with E-state index in [1.807, 2.05) is 0 Å². The summed E-state index contributed by atoms with van der Waals surface area (Å²) in [6, 6.07) is 0. The molecule has 2 N–H and O–H groups in total. The highest BCUT2D eigenvalue weighted by molar-refractivity contribution is 5.19. The highest BCUT2D eigenvalue weighted by Gasteiger charge is 2.37. The minimum atomic E-state index is -0.784. The molecule has 0 aromatic heterocycles. The molecule has 0 radical (unpaired) electrons. The van der Waals surface area contributed by atoms with Crippen LogP contribution in [0.3, 0.4) is 0 Å². The summed E-state index contributed by atoms with van der Waals surface area (Å²) in [5, 5.41) is 21.6. The number of aliphatic hydroxyl groups is 2. The highest BCUT2D eigenvalue weighted by atomic mass is 16.3. The van der Waals surface area contributed by atoms with Crippen LogP contribution in [0.4, 0.5) is 0 Å². The number of unbranched alkanes of at least 4 members (excludes halogenated alkanes) is 1. The van der Waals surface area contributed by atoms with E-state index in [1.54, 1.807) is 0 Å². The molecule has 0 aromatic rings. The second-order valence-electron chi connectivity index (χ2n) is 7.22. The van der Waals surface area contributed by atoms with Crippen molar-refractivity contribution in [1.29, 1.82) is 0 Å². The first kappa shape index (κ1) is 16.8. The molecule has 0 spiro atoms. The Morgan fingerprint density at radius 2 is 1.48 bits per heavy atom. The molecule has 0 bridgehead atoms. The lowest BCUT2D eigenvalue weighted by atomic mass is 9.73. The predicted molar refractivity (Wildman–Crippen MR) is 86.9 cm³/mol. The molecule has 0 aliphatic heterocycles. The van der Waals surface area contributed by atoms with Crippen molar-refractivity contribution >= 4 is 0 Å². The fourth-order valence-corrected chi connectivity index (χ4v) is 3.88. The van der Waals surface area contributed by atoms with Gasteiger partial charge in [-0.1, -0.05) is 57.3 Å². The summed E-state index contributed by atoms with van der Waals surface area (Å²) in [7, 11) is 0. The van der Waals surface area contributed by atoms with Gasteiger partial charge in [-0.15, -0.1) is 0 Å². The molecule has 1 unspecified atom stereocenters. The third kappa shape index (κ3) is 4.73. The molecule has 2 aliphatic rings. The molecule has 2 nitrogen and oxygen atoms in total. The van der Waals surface area contributed by atoms with E-state index in [0.717, 1.165) is 70.6 Å². The van der Waals surface area contributed by atoms with Crippen molar-refractivity contribution in [2.24, 2.45) is 5.92 Å². The van der Waals surface area contributed by atoms with Gasteiger partial charge in [-0.3, -0.25) is 0 Å². The molecule has 0 amide bonds. The Bertz CT molecular complexity index is 365. The monoisotopic (exact) mass is 292 g/mol. The van der Waals surface area contributed by atoms with Gasteiger partial charge in [0.25, 0.3) is 0 Å². The van der Waals surface area contributed by atoms with Crippen LogP contribution in [-0.2, 0) is 0 Å². The van der Waals surface area contributed by atoms with Gasteiger partial charge in [0, 0.05) is 5.92 Å². The first-order chi connectivity index (χ1) is 10.1. The van der Waals surface area contributed by atoms with Crippen LogP contribution in [0.1, 0.15) is 90.4 Å². The molecule has 2 fully saturated rings. The second-order valence-corrected chi connectivity index (χ2v) is 7.22. The van der Waals surface area contributed by atoms with Crippen LogP contribution >= 0.6 is 0 Å². The fourth-order valence-electron chi connectivity index (χ4n) is 3.88. The van der Waals surface area contributed by atoms with Gasteiger partial charge in [-0.05, 0) is 44.9 Å². The van der Waals surface area contributed by atoms with Crippen molar-refractivity contribution in [1.82, 2.24) is 0 Å². The maximum Gasteiger partial charge on any atom is 0.125 e. The third-order valence-electron chi connectivity index (χ3n) is 5.37. The zero-order chi connectivity index (χ0) is 15.2. The lowest BCUT2D eigenvalue weighted by Crippen LogP contribution is -2.40. The van der Waals surface area contributed by atoms with Crippen molar-refractivity contribution in [2.45, 2.75) is 102 Å². The molecule has 1 atom stereocenters. The number of rotatable bonds is 4. The van der Waals surface area contributed by atoms with Crippen LogP contribution < -0.4 is 0 Å². The molecule has 2 saturated carbocycles. The van der Waals surface area contributed by atoms with Gasteiger partial charge in [0.15, 0.2) is 0 Å². The quantitative estimate of drug-likeness (QED) is 0.763.